The van der Waals surface area contributed by atoms with Crippen LogP contribution in [-0.4, -0.2) is 24.5 Å². The lowest BCUT2D eigenvalue weighted by Gasteiger charge is -2.23. The van der Waals surface area contributed by atoms with Crippen molar-refractivity contribution < 1.29 is 22.7 Å². The van der Waals surface area contributed by atoms with E-state index in [0.717, 1.165) is 22.3 Å². The first-order chi connectivity index (χ1) is 18.7. The van der Waals surface area contributed by atoms with Gasteiger partial charge in [-0.15, -0.1) is 0 Å². The van der Waals surface area contributed by atoms with E-state index in [9.17, 15) is 18.0 Å². The van der Waals surface area contributed by atoms with Gasteiger partial charge in [-0.05, 0) is 83.3 Å². The Balaban J connectivity index is 1.85. The number of halogens is 3. The smallest absolute Gasteiger partial charge is 0.389 e. The zero-order valence-electron chi connectivity index (χ0n) is 23.5. The molecule has 0 fully saturated rings. The van der Waals surface area contributed by atoms with Crippen LogP contribution in [0.2, 0.25) is 0 Å². The van der Waals surface area contributed by atoms with Gasteiger partial charge in [0, 0.05) is 12.0 Å². The first-order valence-corrected chi connectivity index (χ1v) is 13.0. The summed E-state index contributed by atoms with van der Waals surface area (Å²) in [5, 5.41) is 5.86. The average molecular weight is 555 g/mol. The fourth-order valence-corrected chi connectivity index (χ4v) is 4.50. The van der Waals surface area contributed by atoms with Gasteiger partial charge in [0.2, 0.25) is 0 Å². The van der Waals surface area contributed by atoms with Gasteiger partial charge >= 0.3 is 6.18 Å². The van der Waals surface area contributed by atoms with E-state index in [-0.39, 0.29) is 24.2 Å². The molecule has 3 aromatic carbocycles. The van der Waals surface area contributed by atoms with Gasteiger partial charge in [-0.3, -0.25) is 4.79 Å². The van der Waals surface area contributed by atoms with Crippen LogP contribution in [0.1, 0.15) is 72.3 Å². The molecule has 5 N–H and O–H groups in total. The second kappa shape index (κ2) is 12.4. The van der Waals surface area contributed by atoms with Crippen LogP contribution in [0.4, 0.5) is 13.2 Å². The fourth-order valence-electron chi connectivity index (χ4n) is 4.50. The van der Waals surface area contributed by atoms with E-state index in [0.29, 0.717) is 16.9 Å². The molecule has 0 saturated carbocycles. The van der Waals surface area contributed by atoms with Gasteiger partial charge in [0.15, 0.2) is 0 Å². The number of nitrogens with one attached hydrogen (secondary N) is 1. The normalized spacial score (nSPS) is 13.2. The second-order valence-corrected chi connectivity index (χ2v) is 10.9. The van der Waals surface area contributed by atoms with Crippen LogP contribution in [0.3, 0.4) is 0 Å². The van der Waals surface area contributed by atoms with Gasteiger partial charge in [0.1, 0.15) is 17.7 Å². The zero-order chi connectivity index (χ0) is 29.7. The van der Waals surface area contributed by atoms with Crippen molar-refractivity contribution in [3.63, 3.8) is 0 Å². The SMILES string of the molecule is Cc1cc(OC(CCC(F)(F)F)c2ccc(C(=O)NC/C(N)=N/N)cc2)cc(C)c1-c1ccc(C(C)(C)C)cc1. The zero-order valence-corrected chi connectivity index (χ0v) is 23.5. The molecule has 0 heterocycles. The van der Waals surface area contributed by atoms with E-state index in [1.807, 2.05) is 26.0 Å². The van der Waals surface area contributed by atoms with Crippen molar-refractivity contribution in [2.24, 2.45) is 16.7 Å². The predicted molar refractivity (Wildman–Crippen MR) is 153 cm³/mol. The number of nitrogens with zero attached hydrogens (tertiary/aromatic N) is 1. The number of alkyl halides is 3. The minimum Gasteiger partial charge on any atom is -0.486 e. The molecule has 0 aliphatic carbocycles. The Morgan fingerprint density at radius 3 is 2.05 bits per heavy atom. The molecule has 40 heavy (non-hydrogen) atoms. The van der Waals surface area contributed by atoms with E-state index in [4.69, 9.17) is 16.3 Å². The molecule has 0 spiro atoms. The molecule has 9 heteroatoms. The largest absolute Gasteiger partial charge is 0.486 e. The molecular weight excluding hydrogens is 517 g/mol. The summed E-state index contributed by atoms with van der Waals surface area (Å²) in [7, 11) is 0. The molecule has 1 unspecified atom stereocenters. The lowest BCUT2D eigenvalue weighted by Crippen LogP contribution is -2.34. The number of benzene rings is 3. The molecule has 3 aromatic rings. The summed E-state index contributed by atoms with van der Waals surface area (Å²) in [6.07, 6.45) is -6.48. The fraction of sp³-hybridized carbons (Fsp3) is 0.355. The van der Waals surface area contributed by atoms with E-state index in [1.54, 1.807) is 12.1 Å². The van der Waals surface area contributed by atoms with Crippen LogP contribution < -0.4 is 21.6 Å². The minimum absolute atomic E-state index is 0.0240. The minimum atomic E-state index is -4.33. The third-order valence-electron chi connectivity index (χ3n) is 6.65. The Labute approximate surface area is 233 Å². The van der Waals surface area contributed by atoms with Gasteiger partial charge in [-0.1, -0.05) is 57.2 Å². The molecule has 0 aliphatic rings. The average Bonchev–Trinajstić information content (AvgIpc) is 2.88. The van der Waals surface area contributed by atoms with Gasteiger partial charge in [0.25, 0.3) is 5.91 Å². The van der Waals surface area contributed by atoms with Crippen molar-refractivity contribution in [3.8, 4) is 16.9 Å². The maximum absolute atomic E-state index is 13.2. The number of aryl methyl sites for hydroxylation is 2. The van der Waals surface area contributed by atoms with Crippen LogP contribution in [0.25, 0.3) is 11.1 Å². The molecule has 0 radical (unpaired) electrons. The van der Waals surface area contributed by atoms with Gasteiger partial charge in [0.05, 0.1) is 6.54 Å². The maximum Gasteiger partial charge on any atom is 0.389 e. The Morgan fingerprint density at radius 2 is 1.55 bits per heavy atom. The summed E-state index contributed by atoms with van der Waals surface area (Å²) in [4.78, 5) is 12.3. The van der Waals surface area contributed by atoms with E-state index < -0.39 is 24.6 Å². The van der Waals surface area contributed by atoms with Crippen LogP contribution >= 0.6 is 0 Å². The Hall–Kier alpha value is -4.01. The van der Waals surface area contributed by atoms with E-state index >= 15 is 0 Å². The number of ether oxygens (including phenoxy) is 1. The number of nitrogens with two attached hydrogens (primary N) is 2. The summed E-state index contributed by atoms with van der Waals surface area (Å²) < 4.78 is 45.6. The number of hydrogen-bond acceptors (Lipinski definition) is 4. The highest BCUT2D eigenvalue weighted by Crippen LogP contribution is 2.36. The molecule has 0 aliphatic heterocycles. The number of hydrogen-bond donors (Lipinski definition) is 3. The first kappa shape index (κ1) is 30.5. The van der Waals surface area contributed by atoms with Crippen molar-refractivity contribution in [3.05, 3.63) is 88.5 Å². The lowest BCUT2D eigenvalue weighted by atomic mass is 9.85. The quantitative estimate of drug-likeness (QED) is 0.119. The molecule has 1 amide bonds. The van der Waals surface area contributed by atoms with Crippen molar-refractivity contribution in [1.29, 1.82) is 0 Å². The van der Waals surface area contributed by atoms with Gasteiger partial charge in [-0.2, -0.15) is 18.3 Å². The number of amides is 1. The van der Waals surface area contributed by atoms with Crippen LogP contribution in [0, 0.1) is 13.8 Å². The summed E-state index contributed by atoms with van der Waals surface area (Å²) in [5.41, 5.74) is 11.7. The number of hydrazone groups is 1. The maximum atomic E-state index is 13.2. The van der Waals surface area contributed by atoms with Crippen LogP contribution in [0.15, 0.2) is 65.8 Å². The standard InChI is InChI=1S/C31H37F3N4O2/c1-19-16-25(17-20(2)28(19)22-10-12-24(13-11-22)30(3,4)5)40-26(14-15-31(32,33)34)21-6-8-23(9-7-21)29(39)37-18-27(35)38-36/h6-13,16-17,26H,14-15,18,36H2,1-5H3,(H2,35,38)(H,37,39). The molecule has 0 bridgehead atoms. The number of carbonyl (C=O) groups is 1. The summed E-state index contributed by atoms with van der Waals surface area (Å²) in [5.74, 6) is 5.19. The molecule has 1 atom stereocenters. The molecule has 3 rings (SSSR count). The molecule has 0 saturated heterocycles. The third-order valence-corrected chi connectivity index (χ3v) is 6.65. The Bertz CT molecular complexity index is 1320. The lowest BCUT2D eigenvalue weighted by molar-refractivity contribution is -0.139. The topological polar surface area (TPSA) is 103 Å². The molecule has 0 aromatic heterocycles. The van der Waals surface area contributed by atoms with E-state index in [2.05, 4.69) is 55.5 Å². The van der Waals surface area contributed by atoms with Gasteiger partial charge < -0.3 is 21.6 Å². The molecule has 214 valence electrons. The highest BCUT2D eigenvalue weighted by Gasteiger charge is 2.30. The van der Waals surface area contributed by atoms with Crippen molar-refractivity contribution in [2.75, 3.05) is 6.54 Å². The van der Waals surface area contributed by atoms with E-state index in [1.165, 1.54) is 17.7 Å². The van der Waals surface area contributed by atoms with Crippen LogP contribution in [0.5, 0.6) is 5.75 Å². The second-order valence-electron chi connectivity index (χ2n) is 10.9. The Morgan fingerprint density at radius 1 is 0.975 bits per heavy atom. The Kier molecular flexibility index (Phi) is 9.50. The van der Waals surface area contributed by atoms with Gasteiger partial charge in [-0.25, -0.2) is 0 Å². The number of carbonyl (C=O) groups excluding carboxylic acids is 1. The summed E-state index contributed by atoms with van der Waals surface area (Å²) in [6.45, 7) is 10.4. The first-order valence-electron chi connectivity index (χ1n) is 13.0. The van der Waals surface area contributed by atoms with Crippen molar-refractivity contribution >= 4 is 11.7 Å². The van der Waals surface area contributed by atoms with Crippen molar-refractivity contribution in [2.45, 2.75) is 65.2 Å². The monoisotopic (exact) mass is 554 g/mol. The number of amidine groups is 1. The molecule has 6 nitrogen and oxygen atoms in total. The predicted octanol–water partition coefficient (Wildman–Crippen LogP) is 6.69. The summed E-state index contributed by atoms with van der Waals surface area (Å²) in [6, 6.07) is 18.4. The highest BCUT2D eigenvalue weighted by molar-refractivity contribution is 5.97. The number of rotatable bonds is 9. The third kappa shape index (κ3) is 8.24. The van der Waals surface area contributed by atoms with Crippen LogP contribution in [-0.2, 0) is 5.41 Å². The molecular formula is C31H37F3N4O2. The van der Waals surface area contributed by atoms with Crippen molar-refractivity contribution in [1.82, 2.24) is 5.32 Å². The highest BCUT2D eigenvalue weighted by atomic mass is 19.4. The summed E-state index contributed by atoms with van der Waals surface area (Å²) >= 11 is 0.